The molecule has 0 unspecified atom stereocenters. The van der Waals surface area contributed by atoms with Gasteiger partial charge in [-0.1, -0.05) is 25.2 Å². The maximum absolute atomic E-state index is 10.5. The first-order valence-electron chi connectivity index (χ1n) is 4.50. The molecule has 7 heteroatoms. The van der Waals surface area contributed by atoms with Gasteiger partial charge in [0.15, 0.2) is 5.82 Å². The largest absolute Gasteiger partial charge is 0.481 e. The molecule has 2 rings (SSSR count). The van der Waals surface area contributed by atoms with Crippen LogP contribution < -0.4 is 0 Å². The van der Waals surface area contributed by atoms with Crippen LogP contribution in [0.3, 0.4) is 0 Å². The molecule has 0 aromatic carbocycles. The number of nitrogens with zero attached hydrogens (tertiary/aromatic N) is 4. The highest BCUT2D eigenvalue weighted by atomic mass is 32.1. The summed E-state index contributed by atoms with van der Waals surface area (Å²) >= 11 is 1.26. The Kier molecular flexibility index (Phi) is 2.39. The molecular weight excluding hydrogens is 216 g/mol. The lowest BCUT2D eigenvalue weighted by Crippen LogP contribution is -2.02. The SMILES string of the molecule is CC(C)c1nnc2sc(CC(=O)O)nn12. The van der Waals surface area contributed by atoms with Crippen LogP contribution in [0, 0.1) is 0 Å². The topological polar surface area (TPSA) is 80.4 Å². The number of aromatic nitrogens is 4. The number of carboxylic acid groups (broad SMARTS) is 1. The van der Waals surface area contributed by atoms with Gasteiger partial charge in [0.1, 0.15) is 5.01 Å². The zero-order chi connectivity index (χ0) is 11.0. The Morgan fingerprint density at radius 1 is 1.53 bits per heavy atom. The van der Waals surface area contributed by atoms with Gasteiger partial charge in [-0.3, -0.25) is 4.79 Å². The predicted octanol–water partition coefficient (Wildman–Crippen LogP) is 0.936. The van der Waals surface area contributed by atoms with E-state index in [9.17, 15) is 4.79 Å². The highest BCUT2D eigenvalue weighted by Gasteiger charge is 2.15. The smallest absolute Gasteiger partial charge is 0.310 e. The number of hydrogen-bond donors (Lipinski definition) is 1. The molecule has 0 saturated heterocycles. The van der Waals surface area contributed by atoms with Crippen molar-refractivity contribution >= 4 is 22.3 Å². The lowest BCUT2D eigenvalue weighted by Gasteiger charge is -1.97. The minimum Gasteiger partial charge on any atom is -0.481 e. The fraction of sp³-hybridized carbons (Fsp3) is 0.500. The van der Waals surface area contributed by atoms with Crippen molar-refractivity contribution in [1.82, 2.24) is 19.8 Å². The number of carbonyl (C=O) groups is 1. The summed E-state index contributed by atoms with van der Waals surface area (Å²) in [5, 5.41) is 21.3. The molecule has 80 valence electrons. The summed E-state index contributed by atoms with van der Waals surface area (Å²) in [5.74, 6) is 0.101. The van der Waals surface area contributed by atoms with E-state index < -0.39 is 5.97 Å². The maximum Gasteiger partial charge on any atom is 0.310 e. The van der Waals surface area contributed by atoms with Crippen molar-refractivity contribution in [3.63, 3.8) is 0 Å². The summed E-state index contributed by atoms with van der Waals surface area (Å²) in [4.78, 5) is 11.2. The summed E-state index contributed by atoms with van der Waals surface area (Å²) < 4.78 is 1.62. The van der Waals surface area contributed by atoms with E-state index in [0.29, 0.717) is 9.97 Å². The van der Waals surface area contributed by atoms with E-state index in [4.69, 9.17) is 5.11 Å². The molecule has 0 spiro atoms. The van der Waals surface area contributed by atoms with Gasteiger partial charge in [-0.2, -0.15) is 9.61 Å². The molecule has 2 aromatic heterocycles. The fourth-order valence-corrected chi connectivity index (χ4v) is 2.06. The van der Waals surface area contributed by atoms with E-state index in [1.165, 1.54) is 11.3 Å². The third-order valence-corrected chi connectivity index (χ3v) is 2.77. The number of carboxylic acids is 1. The van der Waals surface area contributed by atoms with Gasteiger partial charge >= 0.3 is 5.97 Å². The van der Waals surface area contributed by atoms with Gasteiger partial charge < -0.3 is 5.11 Å². The summed E-state index contributed by atoms with van der Waals surface area (Å²) in [6, 6.07) is 0. The highest BCUT2D eigenvalue weighted by molar-refractivity contribution is 7.16. The van der Waals surface area contributed by atoms with Crippen molar-refractivity contribution in [3.05, 3.63) is 10.8 Å². The van der Waals surface area contributed by atoms with Crippen LogP contribution in [-0.2, 0) is 11.2 Å². The zero-order valence-corrected chi connectivity index (χ0v) is 9.15. The van der Waals surface area contributed by atoms with Gasteiger partial charge in [0.25, 0.3) is 0 Å². The van der Waals surface area contributed by atoms with E-state index >= 15 is 0 Å². The van der Waals surface area contributed by atoms with E-state index in [2.05, 4.69) is 15.3 Å². The second-order valence-electron chi connectivity index (χ2n) is 3.47. The van der Waals surface area contributed by atoms with Crippen molar-refractivity contribution in [2.24, 2.45) is 0 Å². The molecule has 0 radical (unpaired) electrons. The van der Waals surface area contributed by atoms with Crippen LogP contribution in [0.2, 0.25) is 0 Å². The number of fused-ring (bicyclic) bond motifs is 1. The van der Waals surface area contributed by atoms with Crippen LogP contribution in [0.25, 0.3) is 4.96 Å². The molecule has 0 atom stereocenters. The quantitative estimate of drug-likeness (QED) is 0.842. The molecule has 2 heterocycles. The van der Waals surface area contributed by atoms with Gasteiger partial charge in [-0.15, -0.1) is 10.2 Å². The molecule has 1 N–H and O–H groups in total. The summed E-state index contributed by atoms with van der Waals surface area (Å²) in [6.45, 7) is 3.99. The summed E-state index contributed by atoms with van der Waals surface area (Å²) in [6.07, 6.45) is -0.0639. The second-order valence-corrected chi connectivity index (χ2v) is 4.51. The Bertz CT molecular complexity index is 502. The van der Waals surface area contributed by atoms with E-state index in [1.807, 2.05) is 13.8 Å². The Hall–Kier alpha value is -1.50. The second kappa shape index (κ2) is 3.58. The zero-order valence-electron chi connectivity index (χ0n) is 8.34. The Labute approximate surface area is 89.6 Å². The molecule has 0 saturated carbocycles. The average molecular weight is 226 g/mol. The minimum absolute atomic E-state index is 0.0639. The summed E-state index contributed by atoms with van der Waals surface area (Å²) in [7, 11) is 0. The van der Waals surface area contributed by atoms with Crippen molar-refractivity contribution in [1.29, 1.82) is 0 Å². The predicted molar refractivity (Wildman–Crippen MR) is 54.1 cm³/mol. The molecule has 0 aliphatic carbocycles. The average Bonchev–Trinajstić information content (AvgIpc) is 2.60. The molecular formula is C8H10N4O2S. The third kappa shape index (κ3) is 1.82. The maximum atomic E-state index is 10.5. The summed E-state index contributed by atoms with van der Waals surface area (Å²) in [5.41, 5.74) is 0. The van der Waals surface area contributed by atoms with Crippen molar-refractivity contribution in [3.8, 4) is 0 Å². The van der Waals surface area contributed by atoms with Gasteiger partial charge in [-0.25, -0.2) is 0 Å². The van der Waals surface area contributed by atoms with Gasteiger partial charge in [0.05, 0.1) is 6.42 Å². The number of rotatable bonds is 3. The van der Waals surface area contributed by atoms with Crippen LogP contribution in [0.5, 0.6) is 0 Å². The number of hydrogen-bond acceptors (Lipinski definition) is 5. The third-order valence-electron chi connectivity index (χ3n) is 1.88. The van der Waals surface area contributed by atoms with Crippen molar-refractivity contribution in [2.75, 3.05) is 0 Å². The normalized spacial score (nSPS) is 11.4. The van der Waals surface area contributed by atoms with Crippen LogP contribution in [0.15, 0.2) is 0 Å². The Balaban J connectivity index is 2.43. The lowest BCUT2D eigenvalue weighted by atomic mass is 10.2. The lowest BCUT2D eigenvalue weighted by molar-refractivity contribution is -0.136. The molecule has 0 amide bonds. The van der Waals surface area contributed by atoms with Gasteiger partial charge in [0.2, 0.25) is 4.96 Å². The van der Waals surface area contributed by atoms with Crippen LogP contribution in [0.4, 0.5) is 0 Å². The molecule has 15 heavy (non-hydrogen) atoms. The Morgan fingerprint density at radius 2 is 2.27 bits per heavy atom. The first-order chi connectivity index (χ1) is 7.08. The monoisotopic (exact) mass is 226 g/mol. The van der Waals surface area contributed by atoms with Crippen LogP contribution >= 0.6 is 11.3 Å². The molecule has 0 aliphatic heterocycles. The van der Waals surface area contributed by atoms with Crippen LogP contribution in [-0.4, -0.2) is 30.9 Å². The van der Waals surface area contributed by atoms with Crippen molar-refractivity contribution < 1.29 is 9.90 Å². The van der Waals surface area contributed by atoms with Gasteiger partial charge in [-0.05, 0) is 0 Å². The number of aliphatic carboxylic acids is 1. The molecule has 6 nitrogen and oxygen atoms in total. The first-order valence-corrected chi connectivity index (χ1v) is 5.32. The standard InChI is InChI=1S/C8H10N4O2S/c1-4(2)7-9-10-8-12(7)11-5(15-8)3-6(13)14/h4H,3H2,1-2H3,(H,13,14). The fourth-order valence-electron chi connectivity index (χ4n) is 1.23. The van der Waals surface area contributed by atoms with Crippen LogP contribution in [0.1, 0.15) is 30.6 Å². The van der Waals surface area contributed by atoms with Crippen molar-refractivity contribution in [2.45, 2.75) is 26.2 Å². The molecule has 0 fully saturated rings. The first kappa shape index (κ1) is 10.0. The van der Waals surface area contributed by atoms with E-state index in [0.717, 1.165) is 5.82 Å². The Morgan fingerprint density at radius 3 is 2.87 bits per heavy atom. The molecule has 0 aliphatic rings. The van der Waals surface area contributed by atoms with E-state index in [1.54, 1.807) is 4.52 Å². The molecule has 2 aromatic rings. The minimum atomic E-state index is -0.883. The van der Waals surface area contributed by atoms with E-state index in [-0.39, 0.29) is 12.3 Å². The van der Waals surface area contributed by atoms with Gasteiger partial charge in [0, 0.05) is 5.92 Å². The highest BCUT2D eigenvalue weighted by Crippen LogP contribution is 2.18. The molecule has 0 bridgehead atoms.